The number of anilines is 1. The van der Waals surface area contributed by atoms with Gasteiger partial charge in [-0.15, -0.1) is 0 Å². The number of nitrogens with zero attached hydrogens (tertiary/aromatic N) is 1. The lowest BCUT2D eigenvalue weighted by Crippen LogP contribution is -2.38. The smallest absolute Gasteiger partial charge is 0.244 e. The SMILES string of the molecule is CCCNC1CCN(c2ccc(Cl)c(F)c2)C1=O. The summed E-state index contributed by atoms with van der Waals surface area (Å²) in [6.07, 6.45) is 1.74. The van der Waals surface area contributed by atoms with Crippen molar-refractivity contribution in [2.45, 2.75) is 25.8 Å². The largest absolute Gasteiger partial charge is 0.311 e. The molecule has 1 atom stereocenters. The molecule has 1 saturated heterocycles. The van der Waals surface area contributed by atoms with Gasteiger partial charge in [0.1, 0.15) is 5.82 Å². The average Bonchev–Trinajstić information content (AvgIpc) is 2.72. The number of hydrogen-bond acceptors (Lipinski definition) is 2. The summed E-state index contributed by atoms with van der Waals surface area (Å²) in [6.45, 7) is 3.49. The first kappa shape index (κ1) is 13.3. The fourth-order valence-corrected chi connectivity index (χ4v) is 2.21. The normalized spacial score (nSPS) is 19.6. The highest BCUT2D eigenvalue weighted by Gasteiger charge is 2.32. The third kappa shape index (κ3) is 2.65. The van der Waals surface area contributed by atoms with E-state index in [0.717, 1.165) is 19.4 Å². The molecule has 2 rings (SSSR count). The number of carbonyl (C=O) groups excluding carboxylic acids is 1. The van der Waals surface area contributed by atoms with Crippen LogP contribution in [0.5, 0.6) is 0 Å². The van der Waals surface area contributed by atoms with Crippen LogP contribution in [-0.2, 0) is 4.79 Å². The summed E-state index contributed by atoms with van der Waals surface area (Å²) in [6, 6.07) is 4.31. The number of halogens is 2. The third-order valence-corrected chi connectivity index (χ3v) is 3.37. The molecule has 0 aliphatic carbocycles. The van der Waals surface area contributed by atoms with Crippen LogP contribution in [0.15, 0.2) is 18.2 Å². The van der Waals surface area contributed by atoms with E-state index in [1.165, 1.54) is 12.1 Å². The van der Waals surface area contributed by atoms with E-state index < -0.39 is 5.82 Å². The second kappa shape index (κ2) is 5.67. The fourth-order valence-electron chi connectivity index (χ4n) is 2.10. The molecule has 1 fully saturated rings. The topological polar surface area (TPSA) is 32.3 Å². The van der Waals surface area contributed by atoms with Crippen molar-refractivity contribution in [3.05, 3.63) is 29.0 Å². The Morgan fingerprint density at radius 3 is 3.00 bits per heavy atom. The van der Waals surface area contributed by atoms with Gasteiger partial charge in [-0.05, 0) is 37.6 Å². The Balaban J connectivity index is 2.10. The molecule has 0 saturated carbocycles. The Labute approximate surface area is 111 Å². The summed E-state index contributed by atoms with van der Waals surface area (Å²) >= 11 is 5.63. The van der Waals surface area contributed by atoms with Crippen molar-refractivity contribution >= 4 is 23.2 Å². The number of nitrogens with one attached hydrogen (secondary N) is 1. The molecule has 5 heteroatoms. The van der Waals surface area contributed by atoms with Crippen LogP contribution in [-0.4, -0.2) is 25.0 Å². The number of carbonyl (C=O) groups is 1. The summed E-state index contributed by atoms with van der Waals surface area (Å²) in [5.41, 5.74) is 0.572. The molecule has 1 aromatic rings. The maximum Gasteiger partial charge on any atom is 0.244 e. The van der Waals surface area contributed by atoms with Gasteiger partial charge in [0.2, 0.25) is 5.91 Å². The molecule has 3 nitrogen and oxygen atoms in total. The molecule has 1 unspecified atom stereocenters. The van der Waals surface area contributed by atoms with E-state index in [1.807, 2.05) is 0 Å². The molecule has 98 valence electrons. The molecule has 1 heterocycles. The van der Waals surface area contributed by atoms with Gasteiger partial charge in [-0.2, -0.15) is 0 Å². The molecule has 0 aromatic heterocycles. The Bertz CT molecular complexity index is 453. The number of benzene rings is 1. The van der Waals surface area contributed by atoms with Crippen molar-refractivity contribution < 1.29 is 9.18 Å². The number of hydrogen-bond donors (Lipinski definition) is 1. The predicted octanol–water partition coefficient (Wildman–Crippen LogP) is 2.58. The van der Waals surface area contributed by atoms with Gasteiger partial charge in [-0.3, -0.25) is 4.79 Å². The lowest BCUT2D eigenvalue weighted by molar-refractivity contribution is -0.118. The first-order valence-corrected chi connectivity index (χ1v) is 6.51. The van der Waals surface area contributed by atoms with Crippen LogP contribution in [0.4, 0.5) is 10.1 Å². The Morgan fingerprint density at radius 2 is 2.33 bits per heavy atom. The molecule has 1 N–H and O–H groups in total. The van der Waals surface area contributed by atoms with Gasteiger partial charge in [-0.1, -0.05) is 18.5 Å². The highest BCUT2D eigenvalue weighted by Crippen LogP contribution is 2.25. The first-order chi connectivity index (χ1) is 8.63. The fraction of sp³-hybridized carbons (Fsp3) is 0.462. The zero-order chi connectivity index (χ0) is 13.1. The average molecular weight is 271 g/mol. The Kier molecular flexibility index (Phi) is 4.19. The van der Waals surface area contributed by atoms with Gasteiger partial charge in [0.25, 0.3) is 0 Å². The van der Waals surface area contributed by atoms with E-state index in [1.54, 1.807) is 11.0 Å². The monoisotopic (exact) mass is 270 g/mol. The van der Waals surface area contributed by atoms with E-state index in [9.17, 15) is 9.18 Å². The predicted molar refractivity (Wildman–Crippen MR) is 70.5 cm³/mol. The van der Waals surface area contributed by atoms with Gasteiger partial charge in [0.05, 0.1) is 11.1 Å². The third-order valence-electron chi connectivity index (χ3n) is 3.06. The van der Waals surface area contributed by atoms with E-state index in [4.69, 9.17) is 11.6 Å². The first-order valence-electron chi connectivity index (χ1n) is 6.13. The Hall–Kier alpha value is -1.13. The Morgan fingerprint density at radius 1 is 1.56 bits per heavy atom. The quantitative estimate of drug-likeness (QED) is 0.912. The van der Waals surface area contributed by atoms with Crippen LogP contribution < -0.4 is 10.2 Å². The highest BCUT2D eigenvalue weighted by atomic mass is 35.5. The van der Waals surface area contributed by atoms with E-state index in [-0.39, 0.29) is 17.0 Å². The number of rotatable bonds is 4. The van der Waals surface area contributed by atoms with Gasteiger partial charge < -0.3 is 10.2 Å². The molecule has 1 aliphatic heterocycles. The van der Waals surface area contributed by atoms with Crippen LogP contribution in [0.2, 0.25) is 5.02 Å². The minimum absolute atomic E-state index is 0.00479. The second-order valence-corrected chi connectivity index (χ2v) is 4.79. The number of amides is 1. The second-order valence-electron chi connectivity index (χ2n) is 4.38. The van der Waals surface area contributed by atoms with Crippen LogP contribution in [0, 0.1) is 5.82 Å². The molecule has 1 amide bonds. The van der Waals surface area contributed by atoms with Crippen LogP contribution in [0.3, 0.4) is 0 Å². The van der Waals surface area contributed by atoms with Crippen molar-refractivity contribution in [3.63, 3.8) is 0 Å². The maximum atomic E-state index is 13.4. The van der Waals surface area contributed by atoms with Gasteiger partial charge in [0, 0.05) is 12.2 Å². The molecule has 0 radical (unpaired) electrons. The van der Waals surface area contributed by atoms with Crippen LogP contribution >= 0.6 is 11.6 Å². The summed E-state index contributed by atoms with van der Waals surface area (Å²) < 4.78 is 13.4. The van der Waals surface area contributed by atoms with E-state index in [0.29, 0.717) is 12.2 Å². The minimum Gasteiger partial charge on any atom is -0.311 e. The van der Waals surface area contributed by atoms with Crippen molar-refractivity contribution in [2.24, 2.45) is 0 Å². The van der Waals surface area contributed by atoms with Crippen LogP contribution in [0.25, 0.3) is 0 Å². The lowest BCUT2D eigenvalue weighted by Gasteiger charge is -2.17. The molecule has 1 aliphatic rings. The lowest BCUT2D eigenvalue weighted by atomic mass is 10.2. The van der Waals surface area contributed by atoms with Crippen molar-refractivity contribution in [3.8, 4) is 0 Å². The molecular weight excluding hydrogens is 255 g/mol. The standard InChI is InChI=1S/C13H16ClFN2O/c1-2-6-16-12-5-7-17(13(12)18)9-3-4-10(14)11(15)8-9/h3-4,8,12,16H,2,5-7H2,1H3. The maximum absolute atomic E-state index is 13.4. The van der Waals surface area contributed by atoms with Crippen molar-refractivity contribution in [1.82, 2.24) is 5.32 Å². The summed E-state index contributed by atoms with van der Waals surface area (Å²) in [5.74, 6) is -0.489. The zero-order valence-electron chi connectivity index (χ0n) is 10.2. The molecule has 18 heavy (non-hydrogen) atoms. The zero-order valence-corrected chi connectivity index (χ0v) is 11.0. The summed E-state index contributed by atoms with van der Waals surface area (Å²) in [5, 5.41) is 3.27. The minimum atomic E-state index is -0.494. The molecular formula is C13H16ClFN2O. The van der Waals surface area contributed by atoms with E-state index >= 15 is 0 Å². The summed E-state index contributed by atoms with van der Waals surface area (Å²) in [7, 11) is 0. The molecule has 0 bridgehead atoms. The molecule has 0 spiro atoms. The summed E-state index contributed by atoms with van der Waals surface area (Å²) in [4.78, 5) is 13.7. The van der Waals surface area contributed by atoms with Gasteiger partial charge >= 0.3 is 0 Å². The van der Waals surface area contributed by atoms with Gasteiger partial charge in [0.15, 0.2) is 0 Å². The van der Waals surface area contributed by atoms with E-state index in [2.05, 4.69) is 12.2 Å². The van der Waals surface area contributed by atoms with Crippen molar-refractivity contribution in [2.75, 3.05) is 18.0 Å². The van der Waals surface area contributed by atoms with Crippen molar-refractivity contribution in [1.29, 1.82) is 0 Å². The molecule has 1 aromatic carbocycles. The van der Waals surface area contributed by atoms with Crippen LogP contribution in [0.1, 0.15) is 19.8 Å². The van der Waals surface area contributed by atoms with Gasteiger partial charge in [-0.25, -0.2) is 4.39 Å². The highest BCUT2D eigenvalue weighted by molar-refractivity contribution is 6.30.